The Morgan fingerprint density at radius 2 is 2.44 bits per heavy atom. The molecule has 0 aliphatic heterocycles. The number of hydrogen-bond donors (Lipinski definition) is 2. The minimum absolute atomic E-state index is 0.0712. The van der Waals surface area contributed by atoms with E-state index in [1.165, 1.54) is 0 Å². The van der Waals surface area contributed by atoms with Gasteiger partial charge in [0, 0.05) is 18.9 Å². The van der Waals surface area contributed by atoms with Gasteiger partial charge in [-0.2, -0.15) is 0 Å². The second kappa shape index (κ2) is 4.32. The van der Waals surface area contributed by atoms with Gasteiger partial charge < -0.3 is 14.8 Å². The summed E-state index contributed by atoms with van der Waals surface area (Å²) in [5, 5.41) is 11.2. The van der Waals surface area contributed by atoms with E-state index in [9.17, 15) is 4.79 Å². The predicted molar refractivity (Wildman–Crippen MR) is 59.3 cm³/mol. The number of aryl methyl sites for hydroxylation is 1. The van der Waals surface area contributed by atoms with E-state index in [4.69, 9.17) is 5.11 Å². The molecule has 2 N–H and O–H groups in total. The van der Waals surface area contributed by atoms with Crippen molar-refractivity contribution in [2.24, 2.45) is 0 Å². The van der Waals surface area contributed by atoms with E-state index in [1.54, 1.807) is 10.6 Å². The summed E-state index contributed by atoms with van der Waals surface area (Å²) < 4.78 is 1.79. The number of rotatable bonds is 3. The van der Waals surface area contributed by atoms with Crippen LogP contribution in [0.5, 0.6) is 0 Å². The molecule has 2 aromatic heterocycles. The molecule has 2 aromatic rings. The Bertz CT molecular complexity index is 519. The van der Waals surface area contributed by atoms with Gasteiger partial charge in [-0.05, 0) is 24.6 Å². The number of aromatic nitrogens is 2. The van der Waals surface area contributed by atoms with Crippen molar-refractivity contribution in [3.05, 3.63) is 35.8 Å². The smallest absolute Gasteiger partial charge is 0.271 e. The highest BCUT2D eigenvalue weighted by molar-refractivity contribution is 5.92. The number of fused-ring (bicyclic) bond motifs is 1. The fraction of sp³-hybridized carbons (Fsp3) is 0.273. The van der Waals surface area contributed by atoms with Crippen LogP contribution >= 0.6 is 0 Å². The molecule has 2 rings (SSSR count). The Hall–Kier alpha value is -1.88. The number of nitrogens with zero attached hydrogens (tertiary/aromatic N) is 2. The lowest BCUT2D eigenvalue weighted by atomic mass is 10.3. The number of pyridine rings is 1. The minimum atomic E-state index is -0.268. The lowest BCUT2D eigenvalue weighted by Crippen LogP contribution is -2.26. The second-order valence-electron chi connectivity index (χ2n) is 3.58. The van der Waals surface area contributed by atoms with Gasteiger partial charge in [0.05, 0.1) is 6.61 Å². The van der Waals surface area contributed by atoms with Gasteiger partial charge in [0.2, 0.25) is 0 Å². The number of carbonyl (C=O) groups is 1. The zero-order valence-corrected chi connectivity index (χ0v) is 8.97. The van der Waals surface area contributed by atoms with E-state index in [1.807, 2.05) is 25.3 Å². The summed E-state index contributed by atoms with van der Waals surface area (Å²) in [5.74, 6) is -0.268. The number of nitrogens with one attached hydrogen (secondary N) is 1. The monoisotopic (exact) mass is 219 g/mol. The van der Waals surface area contributed by atoms with Gasteiger partial charge in [-0.15, -0.1) is 0 Å². The molecule has 2 heterocycles. The highest BCUT2D eigenvalue weighted by Crippen LogP contribution is 2.07. The molecule has 0 saturated carbocycles. The maximum atomic E-state index is 11.6. The third kappa shape index (κ3) is 2.04. The number of carbonyl (C=O) groups excluding carboxylic acids is 1. The lowest BCUT2D eigenvalue weighted by molar-refractivity contribution is 0.0940. The average Bonchev–Trinajstić information content (AvgIpc) is 2.68. The minimum Gasteiger partial charge on any atom is -0.395 e. The zero-order chi connectivity index (χ0) is 11.5. The van der Waals surface area contributed by atoms with Crippen molar-refractivity contribution in [1.82, 2.24) is 14.7 Å². The summed E-state index contributed by atoms with van der Waals surface area (Å²) in [7, 11) is 0. The van der Waals surface area contributed by atoms with Gasteiger partial charge in [0.25, 0.3) is 5.91 Å². The molecule has 0 spiro atoms. The molecule has 0 saturated heterocycles. The maximum absolute atomic E-state index is 11.6. The molecule has 0 aromatic carbocycles. The maximum Gasteiger partial charge on any atom is 0.271 e. The first kappa shape index (κ1) is 10.6. The molecule has 5 heteroatoms. The molecule has 5 nitrogen and oxygen atoms in total. The number of imidazole rings is 1. The van der Waals surface area contributed by atoms with E-state index in [0.29, 0.717) is 5.69 Å². The molecule has 0 fully saturated rings. The Kier molecular flexibility index (Phi) is 2.87. The molecule has 0 atom stereocenters. The fourth-order valence-electron chi connectivity index (χ4n) is 1.45. The summed E-state index contributed by atoms with van der Waals surface area (Å²) in [4.78, 5) is 15.8. The van der Waals surface area contributed by atoms with Crippen molar-refractivity contribution in [1.29, 1.82) is 0 Å². The van der Waals surface area contributed by atoms with Gasteiger partial charge in [-0.1, -0.05) is 0 Å². The van der Waals surface area contributed by atoms with Crippen molar-refractivity contribution >= 4 is 11.6 Å². The Balaban J connectivity index is 2.28. The predicted octanol–water partition coefficient (Wildman–Crippen LogP) is 0.365. The molecular formula is C11H13N3O2. The third-order valence-electron chi connectivity index (χ3n) is 2.25. The molecular weight excluding hydrogens is 206 g/mol. The Labute approximate surface area is 92.7 Å². The third-order valence-corrected chi connectivity index (χ3v) is 2.25. The van der Waals surface area contributed by atoms with Crippen molar-refractivity contribution in [3.8, 4) is 0 Å². The molecule has 84 valence electrons. The normalized spacial score (nSPS) is 10.6. The summed E-state index contributed by atoms with van der Waals surface area (Å²) in [5.41, 5.74) is 2.20. The molecule has 0 aliphatic rings. The first-order valence-electron chi connectivity index (χ1n) is 5.05. The second-order valence-corrected chi connectivity index (χ2v) is 3.58. The van der Waals surface area contributed by atoms with E-state index in [-0.39, 0.29) is 19.1 Å². The standard InChI is InChI=1S/C11H13N3O2/c1-8-2-4-14-7-9(13-10(14)6-8)11(16)12-3-5-15/h2,4,6-7,15H,3,5H2,1H3,(H,12,16). The summed E-state index contributed by atoms with van der Waals surface area (Å²) in [6.07, 6.45) is 3.53. The van der Waals surface area contributed by atoms with Crippen LogP contribution in [0.15, 0.2) is 24.5 Å². The highest BCUT2D eigenvalue weighted by atomic mass is 16.3. The fourth-order valence-corrected chi connectivity index (χ4v) is 1.45. The number of aliphatic hydroxyl groups excluding tert-OH is 1. The van der Waals surface area contributed by atoms with Crippen LogP contribution < -0.4 is 5.32 Å². The topological polar surface area (TPSA) is 66.6 Å². The van der Waals surface area contributed by atoms with Crippen LogP contribution in [0.25, 0.3) is 5.65 Å². The SMILES string of the molecule is Cc1ccn2cc(C(=O)NCCO)nc2c1. The number of aliphatic hydroxyl groups is 1. The molecule has 1 amide bonds. The Morgan fingerprint density at radius 3 is 3.19 bits per heavy atom. The van der Waals surface area contributed by atoms with E-state index in [0.717, 1.165) is 11.2 Å². The summed E-state index contributed by atoms with van der Waals surface area (Å²) >= 11 is 0. The number of amides is 1. The summed E-state index contributed by atoms with van der Waals surface area (Å²) in [6.45, 7) is 2.14. The van der Waals surface area contributed by atoms with Crippen LogP contribution in [0.1, 0.15) is 16.1 Å². The molecule has 0 unspecified atom stereocenters. The van der Waals surface area contributed by atoms with Crippen LogP contribution in [0.3, 0.4) is 0 Å². The van der Waals surface area contributed by atoms with Crippen LogP contribution in [0.4, 0.5) is 0 Å². The summed E-state index contributed by atoms with van der Waals surface area (Å²) in [6, 6.07) is 3.85. The molecule has 0 aliphatic carbocycles. The molecule has 0 bridgehead atoms. The lowest BCUT2D eigenvalue weighted by Gasteiger charge is -1.97. The van der Waals surface area contributed by atoms with Crippen LogP contribution in [-0.4, -0.2) is 33.6 Å². The quantitative estimate of drug-likeness (QED) is 0.783. The van der Waals surface area contributed by atoms with E-state index >= 15 is 0 Å². The average molecular weight is 219 g/mol. The van der Waals surface area contributed by atoms with Crippen LogP contribution in [0.2, 0.25) is 0 Å². The van der Waals surface area contributed by atoms with Crippen molar-refractivity contribution in [2.75, 3.05) is 13.2 Å². The van der Waals surface area contributed by atoms with Crippen molar-refractivity contribution in [3.63, 3.8) is 0 Å². The first-order chi connectivity index (χ1) is 7.70. The van der Waals surface area contributed by atoms with Crippen molar-refractivity contribution < 1.29 is 9.90 Å². The van der Waals surface area contributed by atoms with E-state index in [2.05, 4.69) is 10.3 Å². The van der Waals surface area contributed by atoms with Gasteiger partial charge >= 0.3 is 0 Å². The number of hydrogen-bond acceptors (Lipinski definition) is 3. The van der Waals surface area contributed by atoms with Gasteiger partial charge in [-0.3, -0.25) is 4.79 Å². The van der Waals surface area contributed by atoms with Crippen molar-refractivity contribution in [2.45, 2.75) is 6.92 Å². The Morgan fingerprint density at radius 1 is 1.62 bits per heavy atom. The molecule has 0 radical (unpaired) electrons. The van der Waals surface area contributed by atoms with Gasteiger partial charge in [-0.25, -0.2) is 4.98 Å². The van der Waals surface area contributed by atoms with E-state index < -0.39 is 0 Å². The molecule has 16 heavy (non-hydrogen) atoms. The highest BCUT2D eigenvalue weighted by Gasteiger charge is 2.09. The van der Waals surface area contributed by atoms with Gasteiger partial charge in [0.15, 0.2) is 0 Å². The van der Waals surface area contributed by atoms with Gasteiger partial charge in [0.1, 0.15) is 11.3 Å². The largest absolute Gasteiger partial charge is 0.395 e. The first-order valence-corrected chi connectivity index (χ1v) is 5.05. The van der Waals surface area contributed by atoms with Crippen LogP contribution in [-0.2, 0) is 0 Å². The zero-order valence-electron chi connectivity index (χ0n) is 8.97. The van der Waals surface area contributed by atoms with Crippen LogP contribution in [0, 0.1) is 6.92 Å².